The second-order valence-corrected chi connectivity index (χ2v) is 5.73. The predicted molar refractivity (Wildman–Crippen MR) is 93.6 cm³/mol. The molecule has 0 bridgehead atoms. The molecule has 2 aromatic rings. The normalized spacial score (nSPS) is 17.2. The van der Waals surface area contributed by atoms with Gasteiger partial charge in [-0.05, 0) is 42.0 Å². The number of hydrogen-bond donors (Lipinski definition) is 0. The van der Waals surface area contributed by atoms with Crippen molar-refractivity contribution in [3.8, 4) is 11.5 Å². The number of aliphatic imine (C=N–C) groups is 1. The van der Waals surface area contributed by atoms with E-state index in [0.29, 0.717) is 11.5 Å². The minimum Gasteiger partial charge on any atom is -0.497 e. The van der Waals surface area contributed by atoms with Crippen LogP contribution in [0.15, 0.2) is 64.8 Å². The highest BCUT2D eigenvalue weighted by Gasteiger charge is 2.26. The summed E-state index contributed by atoms with van der Waals surface area (Å²) in [6.45, 7) is 0.279. The summed E-state index contributed by atoms with van der Waals surface area (Å²) in [6, 6.07) is 11.5. The van der Waals surface area contributed by atoms with Crippen LogP contribution in [0.1, 0.15) is 11.1 Å². The molecule has 2 aromatic carbocycles. The molecule has 0 atom stereocenters. The van der Waals surface area contributed by atoms with Crippen LogP contribution in [0.25, 0.3) is 6.08 Å². The minimum absolute atomic E-state index is 0.0400. The van der Waals surface area contributed by atoms with Gasteiger partial charge in [0.05, 0.1) is 12.7 Å². The van der Waals surface area contributed by atoms with Gasteiger partial charge in [0.2, 0.25) is 5.90 Å². The summed E-state index contributed by atoms with van der Waals surface area (Å²) >= 11 is 0. The van der Waals surface area contributed by atoms with Crippen molar-refractivity contribution in [2.75, 3.05) is 13.7 Å². The Balaban J connectivity index is 1.65. The third kappa shape index (κ3) is 2.97. The lowest BCUT2D eigenvalue weighted by Gasteiger charge is -2.16. The van der Waals surface area contributed by atoms with Crippen LogP contribution >= 0.6 is 0 Å². The number of hydrogen-bond acceptors (Lipinski definition) is 5. The number of carbonyl (C=O) groups excluding carboxylic acids is 1. The van der Waals surface area contributed by atoms with Crippen molar-refractivity contribution in [3.05, 3.63) is 76.8 Å². The first-order valence-corrected chi connectivity index (χ1v) is 7.93. The lowest BCUT2D eigenvalue weighted by molar-refractivity contribution is -0.130. The van der Waals surface area contributed by atoms with Gasteiger partial charge in [0.15, 0.2) is 5.70 Å². The minimum atomic E-state index is -0.621. The molecule has 0 fully saturated rings. The Bertz CT molecular complexity index is 991. The number of rotatable bonds is 3. The smallest absolute Gasteiger partial charge is 0.363 e. The van der Waals surface area contributed by atoms with Crippen molar-refractivity contribution in [2.45, 2.75) is 0 Å². The zero-order chi connectivity index (χ0) is 18.1. The molecule has 0 unspecified atom stereocenters. The van der Waals surface area contributed by atoms with Crippen molar-refractivity contribution in [3.63, 3.8) is 0 Å². The molecular weight excluding hydrogens is 337 g/mol. The van der Waals surface area contributed by atoms with Gasteiger partial charge in [-0.3, -0.25) is 0 Å². The summed E-state index contributed by atoms with van der Waals surface area (Å²) in [5.41, 5.74) is 1.88. The molecule has 4 rings (SSSR count). The van der Waals surface area contributed by atoms with Gasteiger partial charge in [0.25, 0.3) is 0 Å². The van der Waals surface area contributed by atoms with E-state index in [1.807, 2.05) is 18.2 Å². The van der Waals surface area contributed by atoms with Crippen molar-refractivity contribution in [2.24, 2.45) is 4.99 Å². The Morgan fingerprint density at radius 3 is 2.88 bits per heavy atom. The fourth-order valence-corrected chi connectivity index (χ4v) is 2.71. The fraction of sp³-hybridized carbons (Fsp3) is 0.100. The van der Waals surface area contributed by atoms with Crippen LogP contribution in [0.2, 0.25) is 0 Å². The Morgan fingerprint density at radius 2 is 2.08 bits per heavy atom. The number of methoxy groups -OCH3 is 1. The topological polar surface area (TPSA) is 57.1 Å². The van der Waals surface area contributed by atoms with Crippen molar-refractivity contribution >= 4 is 17.9 Å². The number of fused-ring (bicyclic) bond motifs is 1. The summed E-state index contributed by atoms with van der Waals surface area (Å²) in [6.07, 6.45) is 3.48. The van der Waals surface area contributed by atoms with E-state index in [9.17, 15) is 9.18 Å². The third-order valence-electron chi connectivity index (χ3n) is 4.00. The van der Waals surface area contributed by atoms with E-state index in [1.54, 1.807) is 31.4 Å². The molecule has 0 saturated heterocycles. The highest BCUT2D eigenvalue weighted by molar-refractivity contribution is 6.11. The summed E-state index contributed by atoms with van der Waals surface area (Å²) in [7, 11) is 1.59. The number of halogens is 1. The highest BCUT2D eigenvalue weighted by Crippen LogP contribution is 2.31. The summed E-state index contributed by atoms with van der Waals surface area (Å²) < 4.78 is 29.8. The average Bonchev–Trinajstić information content (AvgIpc) is 3.02. The summed E-state index contributed by atoms with van der Waals surface area (Å²) in [5.74, 6) is 0.253. The number of ether oxygens (including phenoxy) is 3. The van der Waals surface area contributed by atoms with Crippen LogP contribution in [0.3, 0.4) is 0 Å². The van der Waals surface area contributed by atoms with E-state index in [0.717, 1.165) is 11.1 Å². The third-order valence-corrected chi connectivity index (χ3v) is 4.00. The predicted octanol–water partition coefficient (Wildman–Crippen LogP) is 3.50. The fourth-order valence-electron chi connectivity index (χ4n) is 2.71. The second kappa shape index (κ2) is 6.48. The lowest BCUT2D eigenvalue weighted by Crippen LogP contribution is -2.08. The van der Waals surface area contributed by atoms with E-state index in [4.69, 9.17) is 14.2 Å². The van der Waals surface area contributed by atoms with E-state index in [1.165, 1.54) is 12.1 Å². The van der Waals surface area contributed by atoms with Gasteiger partial charge in [-0.25, -0.2) is 14.2 Å². The zero-order valence-corrected chi connectivity index (χ0v) is 13.9. The first-order valence-electron chi connectivity index (χ1n) is 7.93. The van der Waals surface area contributed by atoms with Gasteiger partial charge in [-0.1, -0.05) is 12.1 Å². The van der Waals surface area contributed by atoms with Crippen LogP contribution in [-0.2, 0) is 9.53 Å². The number of carbonyl (C=O) groups is 1. The maximum atomic E-state index is 13.8. The Kier molecular flexibility index (Phi) is 4.01. The molecule has 0 saturated carbocycles. The van der Waals surface area contributed by atoms with E-state index >= 15 is 0 Å². The van der Waals surface area contributed by atoms with Crippen molar-refractivity contribution in [1.29, 1.82) is 0 Å². The number of nitrogens with zero attached hydrogens (tertiary/aromatic N) is 1. The molecule has 130 valence electrons. The van der Waals surface area contributed by atoms with E-state index in [-0.39, 0.29) is 23.8 Å². The zero-order valence-electron chi connectivity index (χ0n) is 13.9. The molecular formula is C20H14FNO4. The molecule has 0 amide bonds. The molecule has 0 radical (unpaired) electrons. The van der Waals surface area contributed by atoms with Gasteiger partial charge in [0, 0.05) is 11.6 Å². The number of benzene rings is 2. The molecule has 26 heavy (non-hydrogen) atoms. The molecule has 0 aromatic heterocycles. The Hall–Kier alpha value is -3.41. The first kappa shape index (κ1) is 16.1. The SMILES string of the molecule is COc1ccc2c(c1)OCC(C=C1N=C(c3ccccc3F)OC1=O)=C2. The summed E-state index contributed by atoms with van der Waals surface area (Å²) in [4.78, 5) is 16.2. The van der Waals surface area contributed by atoms with Crippen LogP contribution in [0.4, 0.5) is 4.39 Å². The van der Waals surface area contributed by atoms with Crippen LogP contribution in [0.5, 0.6) is 11.5 Å². The summed E-state index contributed by atoms with van der Waals surface area (Å²) in [5, 5.41) is 0. The van der Waals surface area contributed by atoms with E-state index in [2.05, 4.69) is 4.99 Å². The lowest BCUT2D eigenvalue weighted by atomic mass is 10.1. The molecule has 0 spiro atoms. The molecule has 2 heterocycles. The van der Waals surface area contributed by atoms with E-state index < -0.39 is 11.8 Å². The Labute approximate surface area is 149 Å². The molecule has 2 aliphatic heterocycles. The maximum absolute atomic E-state index is 13.8. The highest BCUT2D eigenvalue weighted by atomic mass is 19.1. The first-order chi connectivity index (χ1) is 12.6. The number of esters is 1. The van der Waals surface area contributed by atoms with Gasteiger partial charge >= 0.3 is 5.97 Å². The monoisotopic (exact) mass is 351 g/mol. The molecule has 0 aliphatic carbocycles. The largest absolute Gasteiger partial charge is 0.497 e. The maximum Gasteiger partial charge on any atom is 0.363 e. The average molecular weight is 351 g/mol. The molecule has 2 aliphatic rings. The Morgan fingerprint density at radius 1 is 1.23 bits per heavy atom. The van der Waals surface area contributed by atoms with Crippen molar-refractivity contribution in [1.82, 2.24) is 0 Å². The quantitative estimate of drug-likeness (QED) is 0.627. The molecule has 0 N–H and O–H groups in total. The second-order valence-electron chi connectivity index (χ2n) is 5.73. The molecule has 5 nitrogen and oxygen atoms in total. The standard InChI is InChI=1S/C20H14FNO4/c1-24-14-7-6-13-8-12(11-25-18(13)10-14)9-17-20(23)26-19(22-17)15-4-2-3-5-16(15)21/h2-10H,11H2,1H3. The molecule has 6 heteroatoms. The van der Waals surface area contributed by atoms with Crippen LogP contribution < -0.4 is 9.47 Å². The van der Waals surface area contributed by atoms with Crippen LogP contribution in [0, 0.1) is 5.82 Å². The van der Waals surface area contributed by atoms with Gasteiger partial charge in [-0.15, -0.1) is 0 Å². The van der Waals surface area contributed by atoms with Gasteiger partial charge in [-0.2, -0.15) is 0 Å². The van der Waals surface area contributed by atoms with Crippen LogP contribution in [-0.4, -0.2) is 25.6 Å². The van der Waals surface area contributed by atoms with Gasteiger partial charge in [0.1, 0.15) is 23.9 Å². The number of cyclic esters (lactones) is 1. The van der Waals surface area contributed by atoms with Gasteiger partial charge < -0.3 is 14.2 Å². The van der Waals surface area contributed by atoms with Crippen molar-refractivity contribution < 1.29 is 23.4 Å².